The van der Waals surface area contributed by atoms with Crippen LogP contribution in [0.25, 0.3) is 11.0 Å². The topological polar surface area (TPSA) is 99.2 Å². The second-order valence-corrected chi connectivity index (χ2v) is 6.40. The van der Waals surface area contributed by atoms with Crippen molar-refractivity contribution in [2.75, 3.05) is 6.54 Å². The molecular formula is C18H23N5O2. The van der Waals surface area contributed by atoms with Crippen molar-refractivity contribution in [2.45, 2.75) is 46.0 Å². The van der Waals surface area contributed by atoms with E-state index in [1.165, 1.54) is 11.1 Å². The number of aromatic amines is 1. The lowest BCUT2D eigenvalue weighted by molar-refractivity contribution is -0.121. The van der Waals surface area contributed by atoms with Crippen molar-refractivity contribution in [1.29, 1.82) is 0 Å². The van der Waals surface area contributed by atoms with E-state index in [-0.39, 0.29) is 11.8 Å². The fourth-order valence-corrected chi connectivity index (χ4v) is 2.84. The summed E-state index contributed by atoms with van der Waals surface area (Å²) in [5, 5.41) is 6.88. The van der Waals surface area contributed by atoms with E-state index in [2.05, 4.69) is 45.7 Å². The number of H-pyrrole nitrogens is 1. The van der Waals surface area contributed by atoms with Crippen LogP contribution in [0.2, 0.25) is 0 Å². The largest absolute Gasteiger partial charge is 0.356 e. The van der Waals surface area contributed by atoms with Crippen LogP contribution in [0.4, 0.5) is 0 Å². The van der Waals surface area contributed by atoms with Crippen LogP contribution < -0.4 is 10.7 Å². The number of aromatic nitrogens is 2. The van der Waals surface area contributed by atoms with E-state index in [9.17, 15) is 9.59 Å². The molecule has 7 heteroatoms. The van der Waals surface area contributed by atoms with Crippen LogP contribution in [0.3, 0.4) is 0 Å². The fourth-order valence-electron chi connectivity index (χ4n) is 2.84. The average molecular weight is 341 g/mol. The quantitative estimate of drug-likeness (QED) is 0.748. The molecule has 0 fully saturated rings. The highest BCUT2D eigenvalue weighted by molar-refractivity contribution is 5.94. The third-order valence-electron chi connectivity index (χ3n) is 4.53. The van der Waals surface area contributed by atoms with Gasteiger partial charge in [0.1, 0.15) is 5.82 Å². The summed E-state index contributed by atoms with van der Waals surface area (Å²) in [5.41, 5.74) is 7.76. The summed E-state index contributed by atoms with van der Waals surface area (Å²) in [4.78, 5) is 30.9. The average Bonchev–Trinajstić information content (AvgIpc) is 3.01. The van der Waals surface area contributed by atoms with E-state index in [0.717, 1.165) is 22.6 Å². The first-order chi connectivity index (χ1) is 12.0. The molecule has 3 rings (SSSR count). The summed E-state index contributed by atoms with van der Waals surface area (Å²) in [6.45, 7) is 4.69. The predicted octanol–water partition coefficient (Wildman–Crippen LogP) is 1.88. The van der Waals surface area contributed by atoms with Gasteiger partial charge in [0.2, 0.25) is 11.8 Å². The molecule has 1 aromatic heterocycles. The number of hydrazone groups is 1. The maximum atomic E-state index is 11.9. The fraction of sp³-hybridized carbons (Fsp3) is 0.444. The van der Waals surface area contributed by atoms with Gasteiger partial charge in [0.05, 0.1) is 11.0 Å². The number of nitrogens with one attached hydrogen (secondary N) is 3. The number of carbonyl (C=O) groups excluding carboxylic acids is 2. The van der Waals surface area contributed by atoms with Crippen LogP contribution in [0, 0.1) is 13.8 Å². The number of aryl methyl sites for hydroxylation is 2. The van der Waals surface area contributed by atoms with Gasteiger partial charge in [-0.2, -0.15) is 5.10 Å². The number of hydrogen-bond acceptors (Lipinski definition) is 4. The van der Waals surface area contributed by atoms with Crippen LogP contribution in [-0.4, -0.2) is 34.0 Å². The SMILES string of the molecule is Cc1ccc2[nH]c(CCNC(=O)CCC3=NNC(=O)CC3)nc2c1C. The van der Waals surface area contributed by atoms with Crippen molar-refractivity contribution in [1.82, 2.24) is 20.7 Å². The third-order valence-corrected chi connectivity index (χ3v) is 4.53. The van der Waals surface area contributed by atoms with Gasteiger partial charge in [-0.1, -0.05) is 6.07 Å². The highest BCUT2D eigenvalue weighted by Gasteiger charge is 2.13. The summed E-state index contributed by atoms with van der Waals surface area (Å²) in [7, 11) is 0. The summed E-state index contributed by atoms with van der Waals surface area (Å²) in [5.74, 6) is 0.801. The Morgan fingerprint density at radius 3 is 2.84 bits per heavy atom. The van der Waals surface area contributed by atoms with Gasteiger partial charge in [-0.15, -0.1) is 0 Å². The van der Waals surface area contributed by atoms with E-state index in [0.29, 0.717) is 38.6 Å². The number of nitrogens with zero attached hydrogens (tertiary/aromatic N) is 2. The number of imidazole rings is 1. The molecule has 0 spiro atoms. The zero-order valence-corrected chi connectivity index (χ0v) is 14.6. The number of rotatable bonds is 6. The number of fused-ring (bicyclic) bond motifs is 1. The maximum Gasteiger partial charge on any atom is 0.240 e. The first-order valence-corrected chi connectivity index (χ1v) is 8.58. The Labute approximate surface area is 146 Å². The van der Waals surface area contributed by atoms with Gasteiger partial charge in [0.15, 0.2) is 0 Å². The van der Waals surface area contributed by atoms with Gasteiger partial charge in [-0.25, -0.2) is 10.4 Å². The molecule has 0 atom stereocenters. The molecule has 1 aromatic carbocycles. The van der Waals surface area contributed by atoms with Gasteiger partial charge in [-0.05, 0) is 43.9 Å². The molecule has 2 aromatic rings. The number of carbonyl (C=O) groups is 2. The molecule has 0 saturated carbocycles. The molecular weight excluding hydrogens is 318 g/mol. The van der Waals surface area contributed by atoms with Gasteiger partial charge in [0, 0.05) is 31.5 Å². The summed E-state index contributed by atoms with van der Waals surface area (Å²) < 4.78 is 0. The molecule has 132 valence electrons. The molecule has 0 unspecified atom stereocenters. The molecule has 0 saturated heterocycles. The molecule has 3 N–H and O–H groups in total. The smallest absolute Gasteiger partial charge is 0.240 e. The number of hydrogen-bond donors (Lipinski definition) is 3. The molecule has 1 aliphatic rings. The molecule has 2 amide bonds. The van der Waals surface area contributed by atoms with Crippen molar-refractivity contribution < 1.29 is 9.59 Å². The van der Waals surface area contributed by atoms with E-state index in [1.54, 1.807) is 0 Å². The number of amides is 2. The molecule has 1 aliphatic heterocycles. The van der Waals surface area contributed by atoms with Crippen LogP contribution in [0.15, 0.2) is 17.2 Å². The van der Waals surface area contributed by atoms with Crippen molar-refractivity contribution in [3.05, 3.63) is 29.1 Å². The lowest BCUT2D eigenvalue weighted by Gasteiger charge is -2.11. The van der Waals surface area contributed by atoms with Gasteiger partial charge >= 0.3 is 0 Å². The Balaban J connectivity index is 1.45. The highest BCUT2D eigenvalue weighted by Crippen LogP contribution is 2.19. The molecule has 0 aliphatic carbocycles. The second-order valence-electron chi connectivity index (χ2n) is 6.40. The number of benzene rings is 1. The normalized spacial score (nSPS) is 14.3. The van der Waals surface area contributed by atoms with E-state index in [4.69, 9.17) is 0 Å². The van der Waals surface area contributed by atoms with Crippen LogP contribution in [0.5, 0.6) is 0 Å². The van der Waals surface area contributed by atoms with Crippen molar-refractivity contribution >= 4 is 28.6 Å². The maximum absolute atomic E-state index is 11.9. The van der Waals surface area contributed by atoms with Crippen LogP contribution in [-0.2, 0) is 16.0 Å². The second kappa shape index (κ2) is 7.46. The Hall–Kier alpha value is -2.70. The Morgan fingerprint density at radius 2 is 2.08 bits per heavy atom. The van der Waals surface area contributed by atoms with E-state index >= 15 is 0 Å². The predicted molar refractivity (Wildman–Crippen MR) is 96.3 cm³/mol. The standard InChI is InChI=1S/C18H23N5O2/c1-11-3-6-14-18(12(11)2)21-15(20-14)9-10-19-16(24)7-4-13-5-8-17(25)23-22-13/h3,6H,4-5,7-10H2,1-2H3,(H,19,24)(H,20,21)(H,23,25). The van der Waals surface area contributed by atoms with E-state index in [1.807, 2.05) is 6.07 Å². The van der Waals surface area contributed by atoms with Crippen molar-refractivity contribution in [3.63, 3.8) is 0 Å². The van der Waals surface area contributed by atoms with E-state index < -0.39 is 0 Å². The van der Waals surface area contributed by atoms with Crippen molar-refractivity contribution in [2.24, 2.45) is 5.10 Å². The first kappa shape index (κ1) is 17.1. The summed E-state index contributed by atoms with van der Waals surface area (Å²) in [6, 6.07) is 4.12. The zero-order valence-electron chi connectivity index (χ0n) is 14.6. The van der Waals surface area contributed by atoms with Gasteiger partial charge < -0.3 is 10.3 Å². The third kappa shape index (κ3) is 4.23. The van der Waals surface area contributed by atoms with Gasteiger partial charge in [-0.3, -0.25) is 9.59 Å². The van der Waals surface area contributed by atoms with Crippen LogP contribution >= 0.6 is 0 Å². The summed E-state index contributed by atoms with van der Waals surface area (Å²) >= 11 is 0. The lowest BCUT2D eigenvalue weighted by Crippen LogP contribution is -2.28. The molecule has 2 heterocycles. The van der Waals surface area contributed by atoms with Gasteiger partial charge in [0.25, 0.3) is 0 Å². The Bertz CT molecular complexity index is 837. The minimum Gasteiger partial charge on any atom is -0.356 e. The monoisotopic (exact) mass is 341 g/mol. The zero-order chi connectivity index (χ0) is 17.8. The van der Waals surface area contributed by atoms with Crippen LogP contribution in [0.1, 0.15) is 42.6 Å². The van der Waals surface area contributed by atoms with Crippen molar-refractivity contribution in [3.8, 4) is 0 Å². The minimum absolute atomic E-state index is 0.0114. The highest BCUT2D eigenvalue weighted by atomic mass is 16.2. The molecule has 0 bridgehead atoms. The Kier molecular flexibility index (Phi) is 5.11. The molecule has 7 nitrogen and oxygen atoms in total. The molecule has 25 heavy (non-hydrogen) atoms. The summed E-state index contributed by atoms with van der Waals surface area (Å²) in [6.07, 6.45) is 2.71. The minimum atomic E-state index is -0.0653. The molecule has 0 radical (unpaired) electrons. The Morgan fingerprint density at radius 1 is 1.24 bits per heavy atom. The lowest BCUT2D eigenvalue weighted by atomic mass is 10.1. The first-order valence-electron chi connectivity index (χ1n) is 8.58.